The van der Waals surface area contributed by atoms with Crippen molar-refractivity contribution in [2.45, 2.75) is 19.5 Å². The Hall–Kier alpha value is -1.92. The first-order valence-electron chi connectivity index (χ1n) is 5.68. The van der Waals surface area contributed by atoms with Crippen LogP contribution in [0.2, 0.25) is 5.02 Å². The first kappa shape index (κ1) is 13.5. The standard InChI is InChI=1S/C12H13ClN4O2/c1-8(14)10-5-15-16(7-10)6-9-4-11(13)2-3-12(9)17(18)19/h2-5,7-8H,6,14H2,1H3. The van der Waals surface area contributed by atoms with Crippen LogP contribution in [0.4, 0.5) is 5.69 Å². The molecule has 0 saturated carbocycles. The Labute approximate surface area is 114 Å². The van der Waals surface area contributed by atoms with Gasteiger partial charge >= 0.3 is 0 Å². The van der Waals surface area contributed by atoms with Gasteiger partial charge in [0.1, 0.15) is 0 Å². The normalized spacial score (nSPS) is 12.4. The molecule has 2 rings (SSSR count). The summed E-state index contributed by atoms with van der Waals surface area (Å²) in [4.78, 5) is 10.5. The predicted molar refractivity (Wildman–Crippen MR) is 72.0 cm³/mol. The van der Waals surface area contributed by atoms with E-state index in [9.17, 15) is 10.1 Å². The lowest BCUT2D eigenvalue weighted by atomic mass is 10.2. The van der Waals surface area contributed by atoms with Gasteiger partial charge in [-0.3, -0.25) is 14.8 Å². The molecule has 0 amide bonds. The van der Waals surface area contributed by atoms with Gasteiger partial charge in [-0.15, -0.1) is 0 Å². The lowest BCUT2D eigenvalue weighted by Gasteiger charge is -2.04. The molecule has 0 spiro atoms. The molecule has 19 heavy (non-hydrogen) atoms. The molecular weight excluding hydrogens is 268 g/mol. The Morgan fingerprint density at radius 2 is 2.32 bits per heavy atom. The van der Waals surface area contributed by atoms with Crippen molar-refractivity contribution in [3.63, 3.8) is 0 Å². The molecule has 1 atom stereocenters. The number of benzene rings is 1. The van der Waals surface area contributed by atoms with Crippen LogP contribution >= 0.6 is 11.6 Å². The van der Waals surface area contributed by atoms with Gasteiger partial charge in [-0.1, -0.05) is 11.6 Å². The van der Waals surface area contributed by atoms with Crippen LogP contribution < -0.4 is 5.73 Å². The molecule has 0 fully saturated rings. The van der Waals surface area contributed by atoms with E-state index in [-0.39, 0.29) is 18.3 Å². The number of nitrogens with zero attached hydrogens (tertiary/aromatic N) is 3. The van der Waals surface area contributed by atoms with Gasteiger partial charge < -0.3 is 5.73 Å². The number of nitro benzene ring substituents is 1. The second-order valence-corrected chi connectivity index (χ2v) is 4.73. The highest BCUT2D eigenvalue weighted by molar-refractivity contribution is 6.30. The van der Waals surface area contributed by atoms with Crippen molar-refractivity contribution in [3.05, 3.63) is 56.9 Å². The number of nitrogens with two attached hydrogens (primary N) is 1. The molecule has 100 valence electrons. The van der Waals surface area contributed by atoms with E-state index >= 15 is 0 Å². The number of hydrogen-bond acceptors (Lipinski definition) is 4. The summed E-state index contributed by atoms with van der Waals surface area (Å²) in [7, 11) is 0. The number of rotatable bonds is 4. The molecule has 0 bridgehead atoms. The molecule has 1 unspecified atom stereocenters. The minimum Gasteiger partial charge on any atom is -0.324 e. The largest absolute Gasteiger partial charge is 0.324 e. The van der Waals surface area contributed by atoms with E-state index in [4.69, 9.17) is 17.3 Å². The van der Waals surface area contributed by atoms with Crippen LogP contribution in [-0.2, 0) is 6.54 Å². The van der Waals surface area contributed by atoms with Crippen LogP contribution in [0, 0.1) is 10.1 Å². The lowest BCUT2D eigenvalue weighted by Crippen LogP contribution is -2.05. The molecule has 7 heteroatoms. The van der Waals surface area contributed by atoms with E-state index in [2.05, 4.69) is 5.10 Å². The highest BCUT2D eigenvalue weighted by Crippen LogP contribution is 2.23. The summed E-state index contributed by atoms with van der Waals surface area (Å²) in [5.74, 6) is 0. The van der Waals surface area contributed by atoms with E-state index in [0.717, 1.165) is 5.56 Å². The van der Waals surface area contributed by atoms with Crippen molar-refractivity contribution in [2.75, 3.05) is 0 Å². The fourth-order valence-electron chi connectivity index (χ4n) is 1.73. The maximum atomic E-state index is 10.9. The number of halogens is 1. The summed E-state index contributed by atoms with van der Waals surface area (Å²) in [6.07, 6.45) is 3.43. The van der Waals surface area contributed by atoms with Crippen molar-refractivity contribution >= 4 is 17.3 Å². The van der Waals surface area contributed by atoms with Gasteiger partial charge in [0.2, 0.25) is 0 Å². The Bertz CT molecular complexity index is 610. The van der Waals surface area contributed by atoms with Crippen molar-refractivity contribution in [3.8, 4) is 0 Å². The summed E-state index contributed by atoms with van der Waals surface area (Å²) in [5, 5.41) is 15.5. The topological polar surface area (TPSA) is 87.0 Å². The van der Waals surface area contributed by atoms with Gasteiger partial charge in [0.05, 0.1) is 23.2 Å². The average molecular weight is 281 g/mol. The zero-order valence-electron chi connectivity index (χ0n) is 10.3. The molecule has 1 aromatic carbocycles. The summed E-state index contributed by atoms with van der Waals surface area (Å²) >= 11 is 5.87. The third kappa shape index (κ3) is 3.10. The molecule has 0 aliphatic heterocycles. The van der Waals surface area contributed by atoms with Crippen molar-refractivity contribution in [1.82, 2.24) is 9.78 Å². The molecule has 0 aliphatic rings. The summed E-state index contributed by atoms with van der Waals surface area (Å²) in [5.41, 5.74) is 7.16. The van der Waals surface area contributed by atoms with Gasteiger partial charge in [0.25, 0.3) is 5.69 Å². The smallest absolute Gasteiger partial charge is 0.274 e. The predicted octanol–water partition coefficient (Wildman–Crippen LogP) is 2.51. The van der Waals surface area contributed by atoms with Crippen LogP contribution in [0.1, 0.15) is 24.1 Å². The minimum atomic E-state index is -0.429. The Kier molecular flexibility index (Phi) is 3.82. The van der Waals surface area contributed by atoms with Crippen molar-refractivity contribution < 1.29 is 4.92 Å². The molecule has 2 N–H and O–H groups in total. The summed E-state index contributed by atoms with van der Waals surface area (Å²) in [6.45, 7) is 2.13. The van der Waals surface area contributed by atoms with Crippen LogP contribution in [0.5, 0.6) is 0 Å². The monoisotopic (exact) mass is 280 g/mol. The molecule has 0 radical (unpaired) electrons. The zero-order chi connectivity index (χ0) is 14.0. The number of nitro groups is 1. The van der Waals surface area contributed by atoms with Crippen molar-refractivity contribution in [1.29, 1.82) is 0 Å². The van der Waals surface area contributed by atoms with Gasteiger partial charge in [0, 0.05) is 28.9 Å². The van der Waals surface area contributed by atoms with Crippen LogP contribution in [0.25, 0.3) is 0 Å². The molecule has 0 aliphatic carbocycles. The van der Waals surface area contributed by atoms with Crippen LogP contribution in [0.3, 0.4) is 0 Å². The highest BCUT2D eigenvalue weighted by atomic mass is 35.5. The third-order valence-corrected chi connectivity index (χ3v) is 2.98. The molecular formula is C12H13ClN4O2. The van der Waals surface area contributed by atoms with E-state index in [0.29, 0.717) is 10.6 Å². The molecule has 1 heterocycles. The Balaban J connectivity index is 2.31. The number of aromatic nitrogens is 2. The third-order valence-electron chi connectivity index (χ3n) is 2.75. The molecule has 6 nitrogen and oxygen atoms in total. The second kappa shape index (κ2) is 5.38. The fourth-order valence-corrected chi connectivity index (χ4v) is 1.93. The first-order valence-corrected chi connectivity index (χ1v) is 6.06. The quantitative estimate of drug-likeness (QED) is 0.688. The van der Waals surface area contributed by atoms with Gasteiger partial charge in [-0.25, -0.2) is 0 Å². The van der Waals surface area contributed by atoms with Crippen molar-refractivity contribution in [2.24, 2.45) is 5.73 Å². The fraction of sp³-hybridized carbons (Fsp3) is 0.250. The van der Waals surface area contributed by atoms with E-state index in [1.54, 1.807) is 23.1 Å². The summed E-state index contributed by atoms with van der Waals surface area (Å²) in [6, 6.07) is 4.35. The zero-order valence-corrected chi connectivity index (χ0v) is 11.0. The van der Waals surface area contributed by atoms with Gasteiger partial charge in [-0.2, -0.15) is 5.10 Å². The molecule has 0 saturated heterocycles. The minimum absolute atomic E-state index is 0.0299. The first-order chi connectivity index (χ1) is 8.97. The maximum absolute atomic E-state index is 10.9. The van der Waals surface area contributed by atoms with E-state index < -0.39 is 4.92 Å². The lowest BCUT2D eigenvalue weighted by molar-refractivity contribution is -0.385. The van der Waals surface area contributed by atoms with E-state index in [1.165, 1.54) is 12.1 Å². The maximum Gasteiger partial charge on any atom is 0.274 e. The highest BCUT2D eigenvalue weighted by Gasteiger charge is 2.15. The van der Waals surface area contributed by atoms with Gasteiger partial charge in [-0.05, 0) is 19.1 Å². The SMILES string of the molecule is CC(N)c1cnn(Cc2cc(Cl)ccc2[N+](=O)[O-])c1. The molecule has 1 aromatic heterocycles. The van der Waals surface area contributed by atoms with Crippen LogP contribution in [0.15, 0.2) is 30.6 Å². The van der Waals surface area contributed by atoms with Crippen LogP contribution in [-0.4, -0.2) is 14.7 Å². The number of hydrogen-bond donors (Lipinski definition) is 1. The second-order valence-electron chi connectivity index (χ2n) is 4.29. The summed E-state index contributed by atoms with van der Waals surface area (Å²) < 4.78 is 1.61. The molecule has 2 aromatic rings. The Morgan fingerprint density at radius 1 is 1.58 bits per heavy atom. The van der Waals surface area contributed by atoms with E-state index in [1.807, 2.05) is 6.92 Å². The Morgan fingerprint density at radius 3 is 2.89 bits per heavy atom. The average Bonchev–Trinajstić information content (AvgIpc) is 2.77. The van der Waals surface area contributed by atoms with Gasteiger partial charge in [0.15, 0.2) is 0 Å².